The highest BCUT2D eigenvalue weighted by Gasteiger charge is 2.09. The zero-order valence-corrected chi connectivity index (χ0v) is 17.1. The zero-order chi connectivity index (χ0) is 19.5. The zero-order valence-electron chi connectivity index (χ0n) is 14.8. The summed E-state index contributed by atoms with van der Waals surface area (Å²) in [6.45, 7) is 0.539. The number of para-hydroxylation sites is 1. The van der Waals surface area contributed by atoms with Crippen molar-refractivity contribution in [3.05, 3.63) is 98.7 Å². The van der Waals surface area contributed by atoms with Gasteiger partial charge < -0.3 is 5.32 Å². The summed E-state index contributed by atoms with van der Waals surface area (Å²) >= 11 is 18.3. The molecule has 140 valence electrons. The molecule has 3 nitrogen and oxygen atoms in total. The van der Waals surface area contributed by atoms with Crippen molar-refractivity contribution in [2.45, 2.75) is 13.0 Å². The van der Waals surface area contributed by atoms with Gasteiger partial charge in [-0.05, 0) is 47.5 Å². The summed E-state index contributed by atoms with van der Waals surface area (Å²) in [4.78, 5) is 9.47. The summed E-state index contributed by atoms with van der Waals surface area (Å²) in [5, 5.41) is 6.32. The molecule has 28 heavy (non-hydrogen) atoms. The summed E-state index contributed by atoms with van der Waals surface area (Å²) in [5.41, 5.74) is 2.95. The lowest BCUT2D eigenvalue weighted by Crippen LogP contribution is -2.06. The third kappa shape index (κ3) is 4.39. The molecule has 3 aromatic carbocycles. The summed E-state index contributed by atoms with van der Waals surface area (Å²) in [7, 11) is 0. The second kappa shape index (κ2) is 8.36. The Labute approximate surface area is 178 Å². The Balaban J connectivity index is 1.65. The highest BCUT2D eigenvalue weighted by atomic mass is 35.5. The van der Waals surface area contributed by atoms with Crippen LogP contribution in [0.25, 0.3) is 10.9 Å². The molecule has 0 saturated heterocycles. The van der Waals surface area contributed by atoms with Crippen molar-refractivity contribution in [3.63, 3.8) is 0 Å². The van der Waals surface area contributed by atoms with Gasteiger partial charge in [-0.2, -0.15) is 0 Å². The summed E-state index contributed by atoms with van der Waals surface area (Å²) < 4.78 is 0. The number of nitrogens with zero attached hydrogens (tertiary/aromatic N) is 2. The molecule has 4 aromatic rings. The van der Waals surface area contributed by atoms with E-state index in [9.17, 15) is 0 Å². The van der Waals surface area contributed by atoms with Crippen molar-refractivity contribution in [2.24, 2.45) is 0 Å². The molecule has 1 N–H and O–H groups in total. The van der Waals surface area contributed by atoms with Crippen LogP contribution >= 0.6 is 34.8 Å². The second-order valence-electron chi connectivity index (χ2n) is 6.40. The average Bonchev–Trinajstić information content (AvgIpc) is 2.69. The van der Waals surface area contributed by atoms with Gasteiger partial charge in [0.1, 0.15) is 11.6 Å². The van der Waals surface area contributed by atoms with E-state index in [4.69, 9.17) is 44.8 Å². The Kier molecular flexibility index (Phi) is 5.67. The first-order valence-electron chi connectivity index (χ1n) is 8.76. The number of hydrogen-bond donors (Lipinski definition) is 1. The Bertz CT molecular complexity index is 1130. The molecule has 4 rings (SSSR count). The number of halogens is 3. The molecule has 0 bridgehead atoms. The van der Waals surface area contributed by atoms with Gasteiger partial charge in [0.25, 0.3) is 0 Å². The van der Waals surface area contributed by atoms with Crippen LogP contribution in [0.15, 0.2) is 66.7 Å². The van der Waals surface area contributed by atoms with Gasteiger partial charge in [-0.15, -0.1) is 0 Å². The maximum Gasteiger partial charge on any atom is 0.137 e. The fraction of sp³-hybridized carbons (Fsp3) is 0.0909. The number of hydrogen-bond acceptors (Lipinski definition) is 3. The fourth-order valence-electron chi connectivity index (χ4n) is 2.97. The van der Waals surface area contributed by atoms with Crippen LogP contribution in [0.2, 0.25) is 15.1 Å². The lowest BCUT2D eigenvalue weighted by atomic mass is 10.1. The van der Waals surface area contributed by atoms with Gasteiger partial charge in [0.05, 0.1) is 5.52 Å². The Morgan fingerprint density at radius 3 is 2.32 bits per heavy atom. The molecular weight excluding hydrogens is 413 g/mol. The van der Waals surface area contributed by atoms with Crippen molar-refractivity contribution < 1.29 is 0 Å². The van der Waals surface area contributed by atoms with Crippen LogP contribution in [-0.2, 0) is 13.0 Å². The predicted molar refractivity (Wildman–Crippen MR) is 118 cm³/mol. The molecule has 0 saturated carbocycles. The smallest absolute Gasteiger partial charge is 0.137 e. The number of benzene rings is 3. The number of rotatable bonds is 5. The highest BCUT2D eigenvalue weighted by Crippen LogP contribution is 2.25. The number of fused-ring (bicyclic) bond motifs is 1. The third-order valence-electron chi connectivity index (χ3n) is 4.39. The normalized spacial score (nSPS) is 11.0. The monoisotopic (exact) mass is 427 g/mol. The molecule has 0 atom stereocenters. The van der Waals surface area contributed by atoms with Crippen LogP contribution in [0.4, 0.5) is 5.82 Å². The minimum absolute atomic E-state index is 0.539. The number of nitrogens with one attached hydrogen (secondary N) is 1. The molecule has 0 aliphatic heterocycles. The fourth-order valence-corrected chi connectivity index (χ4v) is 3.57. The van der Waals surface area contributed by atoms with Gasteiger partial charge in [-0.25, -0.2) is 9.97 Å². The maximum atomic E-state index is 6.30. The molecule has 1 heterocycles. The first-order chi connectivity index (χ1) is 13.6. The molecule has 6 heteroatoms. The highest BCUT2D eigenvalue weighted by molar-refractivity contribution is 6.35. The second-order valence-corrected chi connectivity index (χ2v) is 7.68. The predicted octanol–water partition coefficient (Wildman–Crippen LogP) is 6.79. The molecule has 0 spiro atoms. The van der Waals surface area contributed by atoms with Crippen LogP contribution in [0.1, 0.15) is 17.0 Å². The molecule has 0 aliphatic carbocycles. The van der Waals surface area contributed by atoms with Crippen LogP contribution < -0.4 is 5.32 Å². The minimum atomic E-state index is 0.539. The van der Waals surface area contributed by atoms with Gasteiger partial charge in [-0.3, -0.25) is 0 Å². The largest absolute Gasteiger partial charge is 0.365 e. The van der Waals surface area contributed by atoms with Crippen molar-refractivity contribution >= 4 is 51.5 Å². The SMILES string of the molecule is Clc1ccc(Cc2nc(NCc3ccc(Cl)cc3Cl)c3ccccc3n2)cc1. The molecular formula is C22H16Cl3N3. The first-order valence-corrected chi connectivity index (χ1v) is 9.90. The van der Waals surface area contributed by atoms with Gasteiger partial charge in [-0.1, -0.05) is 65.1 Å². The third-order valence-corrected chi connectivity index (χ3v) is 5.23. The van der Waals surface area contributed by atoms with Crippen LogP contribution in [-0.4, -0.2) is 9.97 Å². The number of aromatic nitrogens is 2. The van der Waals surface area contributed by atoms with E-state index in [-0.39, 0.29) is 0 Å². The maximum absolute atomic E-state index is 6.30. The number of anilines is 1. The van der Waals surface area contributed by atoms with Gasteiger partial charge >= 0.3 is 0 Å². The van der Waals surface area contributed by atoms with Crippen molar-refractivity contribution in [1.82, 2.24) is 9.97 Å². The van der Waals surface area contributed by atoms with E-state index in [0.29, 0.717) is 28.0 Å². The molecule has 1 aromatic heterocycles. The van der Waals surface area contributed by atoms with E-state index in [0.717, 1.165) is 33.7 Å². The molecule has 0 aliphatic rings. The molecule has 0 fully saturated rings. The van der Waals surface area contributed by atoms with Crippen molar-refractivity contribution in [2.75, 3.05) is 5.32 Å². The van der Waals surface area contributed by atoms with Crippen LogP contribution in [0.5, 0.6) is 0 Å². The van der Waals surface area contributed by atoms with Gasteiger partial charge in [0, 0.05) is 33.4 Å². The lowest BCUT2D eigenvalue weighted by molar-refractivity contribution is 0.981. The molecule has 0 unspecified atom stereocenters. The van der Waals surface area contributed by atoms with Crippen LogP contribution in [0.3, 0.4) is 0 Å². The van der Waals surface area contributed by atoms with Crippen molar-refractivity contribution in [1.29, 1.82) is 0 Å². The minimum Gasteiger partial charge on any atom is -0.365 e. The van der Waals surface area contributed by atoms with E-state index in [2.05, 4.69) is 5.32 Å². The first kappa shape index (κ1) is 19.0. The lowest BCUT2D eigenvalue weighted by Gasteiger charge is -2.12. The summed E-state index contributed by atoms with van der Waals surface area (Å²) in [6.07, 6.45) is 0.623. The van der Waals surface area contributed by atoms with Crippen molar-refractivity contribution in [3.8, 4) is 0 Å². The van der Waals surface area contributed by atoms with Gasteiger partial charge in [0.15, 0.2) is 0 Å². The van der Waals surface area contributed by atoms with E-state index in [1.54, 1.807) is 6.07 Å². The average molecular weight is 429 g/mol. The topological polar surface area (TPSA) is 37.8 Å². The standard InChI is InChI=1S/C22H16Cl3N3/c23-16-8-5-14(6-9-16)11-21-27-20-4-2-1-3-18(20)22(28-21)26-13-15-7-10-17(24)12-19(15)25/h1-10,12H,11,13H2,(H,26,27,28). The molecule has 0 amide bonds. The van der Waals surface area contributed by atoms with E-state index in [1.165, 1.54) is 0 Å². The van der Waals surface area contributed by atoms with Crippen LogP contribution in [0, 0.1) is 0 Å². The van der Waals surface area contributed by atoms with Gasteiger partial charge in [0.2, 0.25) is 0 Å². The van der Waals surface area contributed by atoms with E-state index in [1.807, 2.05) is 60.7 Å². The molecule has 0 radical (unpaired) electrons. The quantitative estimate of drug-likeness (QED) is 0.380. The van der Waals surface area contributed by atoms with E-state index < -0.39 is 0 Å². The Morgan fingerprint density at radius 1 is 0.786 bits per heavy atom. The summed E-state index contributed by atoms with van der Waals surface area (Å²) in [5.74, 6) is 1.52. The van der Waals surface area contributed by atoms with E-state index >= 15 is 0 Å². The summed E-state index contributed by atoms with van der Waals surface area (Å²) in [6, 6.07) is 21.2. The Morgan fingerprint density at radius 2 is 1.54 bits per heavy atom. The Hall–Kier alpha value is -2.33.